The maximum absolute atomic E-state index is 13.6. The zero-order valence-corrected chi connectivity index (χ0v) is 17.3. The molecule has 2 aromatic carbocycles. The second kappa shape index (κ2) is 8.28. The quantitative estimate of drug-likeness (QED) is 0.365. The largest absolute Gasteiger partial charge is 0.321 e. The van der Waals surface area contributed by atoms with Crippen molar-refractivity contribution in [3.05, 3.63) is 89.6 Å². The lowest BCUT2D eigenvalue weighted by molar-refractivity contribution is -0.124. The van der Waals surface area contributed by atoms with Crippen LogP contribution in [0.1, 0.15) is 34.3 Å². The molecule has 1 aromatic heterocycles. The lowest BCUT2D eigenvalue weighted by atomic mass is 10.1. The Morgan fingerprint density at radius 3 is 2.53 bits per heavy atom. The molecule has 160 valence electrons. The van der Waals surface area contributed by atoms with Crippen LogP contribution in [0.4, 0.5) is 17.2 Å². The SMILES string of the molecule is O=C(C=Cc1ccc(CN2C(=O)c3cccnc3N(C3CC3)c3ccccc32)cc1)NO. The number of amides is 2. The highest BCUT2D eigenvalue weighted by atomic mass is 16.5. The highest BCUT2D eigenvalue weighted by Gasteiger charge is 2.38. The fourth-order valence-electron chi connectivity index (χ4n) is 4.01. The van der Waals surface area contributed by atoms with Crippen LogP contribution in [0.15, 0.2) is 72.9 Å². The minimum Gasteiger partial charge on any atom is -0.321 e. The molecular formula is C25H22N4O3. The van der Waals surface area contributed by atoms with Crippen molar-refractivity contribution in [2.75, 3.05) is 9.80 Å². The predicted molar refractivity (Wildman–Crippen MR) is 122 cm³/mol. The number of pyridine rings is 1. The number of fused-ring (bicyclic) bond motifs is 2. The number of nitrogens with one attached hydrogen (secondary N) is 1. The van der Waals surface area contributed by atoms with Gasteiger partial charge in [0, 0.05) is 18.3 Å². The molecule has 32 heavy (non-hydrogen) atoms. The first-order valence-electron chi connectivity index (χ1n) is 10.5. The number of hydrogen-bond acceptors (Lipinski definition) is 5. The summed E-state index contributed by atoms with van der Waals surface area (Å²) in [6.45, 7) is 0.407. The predicted octanol–water partition coefficient (Wildman–Crippen LogP) is 4.06. The molecule has 7 heteroatoms. The van der Waals surface area contributed by atoms with E-state index in [1.54, 1.807) is 23.8 Å². The van der Waals surface area contributed by atoms with Gasteiger partial charge in [-0.3, -0.25) is 14.8 Å². The summed E-state index contributed by atoms with van der Waals surface area (Å²) < 4.78 is 0. The van der Waals surface area contributed by atoms with Crippen molar-refractivity contribution >= 4 is 35.1 Å². The Hall–Kier alpha value is -3.97. The molecule has 3 aromatic rings. The Morgan fingerprint density at radius 1 is 1.06 bits per heavy atom. The van der Waals surface area contributed by atoms with Gasteiger partial charge in [0.1, 0.15) is 5.82 Å². The molecule has 1 saturated carbocycles. The van der Waals surface area contributed by atoms with E-state index in [0.717, 1.165) is 41.2 Å². The summed E-state index contributed by atoms with van der Waals surface area (Å²) >= 11 is 0. The standard InChI is InChI=1S/C25H22N4O3/c30-23(27-32)14-11-17-7-9-18(10-8-17)16-28-21-5-1-2-6-22(21)29(19-12-13-19)24-20(25(28)31)4-3-15-26-24/h1-11,14-15,19,32H,12-13,16H2,(H,27,30). The van der Waals surface area contributed by atoms with Gasteiger partial charge in [0.05, 0.1) is 23.5 Å². The zero-order valence-electron chi connectivity index (χ0n) is 17.3. The number of hydrogen-bond donors (Lipinski definition) is 2. The molecule has 2 N–H and O–H groups in total. The van der Waals surface area contributed by atoms with Gasteiger partial charge < -0.3 is 9.80 Å². The van der Waals surface area contributed by atoms with E-state index in [9.17, 15) is 9.59 Å². The third-order valence-electron chi connectivity index (χ3n) is 5.69. The highest BCUT2D eigenvalue weighted by molar-refractivity contribution is 6.13. The number of rotatable bonds is 5. The maximum Gasteiger partial charge on any atom is 0.267 e. The summed E-state index contributed by atoms with van der Waals surface area (Å²) in [5, 5.41) is 8.60. The fourth-order valence-corrected chi connectivity index (χ4v) is 4.01. The lowest BCUT2D eigenvalue weighted by Crippen LogP contribution is -2.29. The van der Waals surface area contributed by atoms with E-state index in [1.807, 2.05) is 53.4 Å². The number of hydroxylamine groups is 1. The maximum atomic E-state index is 13.6. The van der Waals surface area contributed by atoms with Crippen LogP contribution in [0.2, 0.25) is 0 Å². The minimum absolute atomic E-state index is 0.0766. The normalized spacial score (nSPS) is 15.3. The van der Waals surface area contributed by atoms with Crippen molar-refractivity contribution in [2.45, 2.75) is 25.4 Å². The average Bonchev–Trinajstić information content (AvgIpc) is 3.68. The number of benzene rings is 2. The van der Waals surface area contributed by atoms with Gasteiger partial charge in [0.2, 0.25) is 0 Å². The number of carbonyl (C=O) groups is 2. The van der Waals surface area contributed by atoms with Gasteiger partial charge in [-0.05, 0) is 54.3 Å². The second-order valence-electron chi connectivity index (χ2n) is 7.91. The number of carbonyl (C=O) groups excluding carboxylic acids is 2. The molecule has 2 amide bonds. The van der Waals surface area contributed by atoms with E-state index in [-0.39, 0.29) is 5.91 Å². The molecule has 1 aliphatic heterocycles. The Kier molecular flexibility index (Phi) is 5.17. The number of aromatic nitrogens is 1. The van der Waals surface area contributed by atoms with Gasteiger partial charge >= 0.3 is 0 Å². The molecule has 5 rings (SSSR count). The molecule has 0 unspecified atom stereocenters. The molecular weight excluding hydrogens is 404 g/mol. The van der Waals surface area contributed by atoms with Crippen LogP contribution < -0.4 is 15.3 Å². The average molecular weight is 426 g/mol. The molecule has 0 saturated heterocycles. The van der Waals surface area contributed by atoms with E-state index < -0.39 is 5.91 Å². The molecule has 0 spiro atoms. The zero-order chi connectivity index (χ0) is 22.1. The smallest absolute Gasteiger partial charge is 0.267 e. The molecule has 0 radical (unpaired) electrons. The van der Waals surface area contributed by atoms with Crippen LogP contribution in [0.25, 0.3) is 6.08 Å². The third kappa shape index (κ3) is 3.74. The first-order valence-corrected chi connectivity index (χ1v) is 10.5. The number of para-hydroxylation sites is 2. The Morgan fingerprint density at radius 2 is 1.81 bits per heavy atom. The van der Waals surface area contributed by atoms with Crippen LogP contribution in [-0.2, 0) is 11.3 Å². The van der Waals surface area contributed by atoms with Gasteiger partial charge in [0.15, 0.2) is 0 Å². The fraction of sp³-hybridized carbons (Fsp3) is 0.160. The second-order valence-corrected chi connectivity index (χ2v) is 7.91. The van der Waals surface area contributed by atoms with Crippen molar-refractivity contribution in [1.82, 2.24) is 10.5 Å². The Bertz CT molecular complexity index is 1200. The van der Waals surface area contributed by atoms with Gasteiger partial charge in [-0.2, -0.15) is 0 Å². The Balaban J connectivity index is 1.51. The lowest BCUT2D eigenvalue weighted by Gasteiger charge is -2.26. The van der Waals surface area contributed by atoms with Crippen molar-refractivity contribution < 1.29 is 14.8 Å². The molecule has 0 atom stereocenters. The minimum atomic E-state index is -0.590. The molecule has 1 fully saturated rings. The molecule has 2 aliphatic rings. The van der Waals surface area contributed by atoms with Crippen LogP contribution in [0, 0.1) is 0 Å². The topological polar surface area (TPSA) is 85.8 Å². The van der Waals surface area contributed by atoms with E-state index in [4.69, 9.17) is 5.21 Å². The first-order chi connectivity index (χ1) is 15.7. The molecule has 7 nitrogen and oxygen atoms in total. The van der Waals surface area contributed by atoms with Crippen molar-refractivity contribution in [3.8, 4) is 0 Å². The van der Waals surface area contributed by atoms with Crippen molar-refractivity contribution in [3.63, 3.8) is 0 Å². The van der Waals surface area contributed by atoms with Crippen LogP contribution >= 0.6 is 0 Å². The van der Waals surface area contributed by atoms with Crippen LogP contribution in [0.5, 0.6) is 0 Å². The number of anilines is 3. The van der Waals surface area contributed by atoms with Crippen molar-refractivity contribution in [1.29, 1.82) is 0 Å². The summed E-state index contributed by atoms with van der Waals surface area (Å²) in [6.07, 6.45) is 6.77. The number of nitrogens with zero attached hydrogens (tertiary/aromatic N) is 3. The van der Waals surface area contributed by atoms with Gasteiger partial charge in [-0.25, -0.2) is 10.5 Å². The van der Waals surface area contributed by atoms with E-state index in [0.29, 0.717) is 18.2 Å². The van der Waals surface area contributed by atoms with Crippen molar-refractivity contribution in [2.24, 2.45) is 0 Å². The van der Waals surface area contributed by atoms with Crippen LogP contribution in [-0.4, -0.2) is 28.0 Å². The molecule has 1 aliphatic carbocycles. The van der Waals surface area contributed by atoms with Crippen LogP contribution in [0.3, 0.4) is 0 Å². The van der Waals surface area contributed by atoms with Gasteiger partial charge in [-0.15, -0.1) is 0 Å². The highest BCUT2D eigenvalue weighted by Crippen LogP contribution is 2.45. The summed E-state index contributed by atoms with van der Waals surface area (Å²) in [5.74, 6) is 0.0539. The molecule has 0 bridgehead atoms. The van der Waals surface area contributed by atoms with E-state index in [1.165, 1.54) is 6.08 Å². The first kappa shape index (κ1) is 20.0. The summed E-state index contributed by atoms with van der Waals surface area (Å²) in [5.41, 5.74) is 5.81. The molecule has 2 heterocycles. The summed E-state index contributed by atoms with van der Waals surface area (Å²) in [7, 11) is 0. The third-order valence-corrected chi connectivity index (χ3v) is 5.69. The monoisotopic (exact) mass is 426 g/mol. The summed E-state index contributed by atoms with van der Waals surface area (Å²) in [4.78, 5) is 33.4. The van der Waals surface area contributed by atoms with Gasteiger partial charge in [-0.1, -0.05) is 36.4 Å². The van der Waals surface area contributed by atoms with E-state index >= 15 is 0 Å². The Labute approximate surface area is 185 Å². The van der Waals surface area contributed by atoms with Gasteiger partial charge in [0.25, 0.3) is 11.8 Å². The summed E-state index contributed by atoms with van der Waals surface area (Å²) in [6, 6.07) is 19.6. The van der Waals surface area contributed by atoms with E-state index in [2.05, 4.69) is 16.0 Å².